The van der Waals surface area contributed by atoms with E-state index in [9.17, 15) is 23.6 Å². The van der Waals surface area contributed by atoms with Gasteiger partial charge in [-0.15, -0.1) is 0 Å². The number of piperidine rings is 1. The Bertz CT molecular complexity index is 954. The Morgan fingerprint density at radius 3 is 2.52 bits per heavy atom. The predicted molar refractivity (Wildman–Crippen MR) is 109 cm³/mol. The molecule has 0 bridgehead atoms. The van der Waals surface area contributed by atoms with Crippen molar-refractivity contribution >= 4 is 11.8 Å². The molecule has 8 heteroatoms. The van der Waals surface area contributed by atoms with E-state index < -0.39 is 17.7 Å². The average Bonchev–Trinajstić information content (AvgIpc) is 2.78. The van der Waals surface area contributed by atoms with Gasteiger partial charge in [-0.3, -0.25) is 9.59 Å². The van der Waals surface area contributed by atoms with Gasteiger partial charge in [0.1, 0.15) is 23.4 Å². The lowest BCUT2D eigenvalue weighted by atomic mass is 9.95. The third-order valence-corrected chi connectivity index (χ3v) is 5.24. The summed E-state index contributed by atoms with van der Waals surface area (Å²) in [6, 6.07) is 12.7. The van der Waals surface area contributed by atoms with E-state index in [0.29, 0.717) is 37.7 Å². The van der Waals surface area contributed by atoms with Gasteiger partial charge in [0, 0.05) is 30.6 Å². The van der Waals surface area contributed by atoms with Crippen LogP contribution in [0, 0.1) is 28.9 Å². The summed E-state index contributed by atoms with van der Waals surface area (Å²) in [6.45, 7) is 1.12. The van der Waals surface area contributed by atoms with Crippen molar-refractivity contribution < 1.29 is 23.1 Å². The predicted octanol–water partition coefficient (Wildman–Crippen LogP) is 3.35. The molecule has 0 saturated carbocycles. The molecule has 1 heterocycles. The number of amides is 2. The van der Waals surface area contributed by atoms with Gasteiger partial charge in [0.15, 0.2) is 0 Å². The minimum atomic E-state index is -1.21. The van der Waals surface area contributed by atoms with Crippen LogP contribution in [0.3, 0.4) is 0 Å². The van der Waals surface area contributed by atoms with Gasteiger partial charge in [0.05, 0.1) is 19.1 Å². The highest BCUT2D eigenvalue weighted by Crippen LogP contribution is 2.22. The van der Waals surface area contributed by atoms with Gasteiger partial charge >= 0.3 is 0 Å². The molecule has 2 amide bonds. The Kier molecular flexibility index (Phi) is 7.55. The smallest absolute Gasteiger partial charge is 0.225 e. The van der Waals surface area contributed by atoms with E-state index >= 15 is 0 Å². The number of carbonyl (C=O) groups is 2. The number of nitriles is 1. The maximum atomic E-state index is 13.9. The molecule has 1 atom stereocenters. The molecule has 1 saturated heterocycles. The van der Waals surface area contributed by atoms with Crippen molar-refractivity contribution in [2.75, 3.05) is 19.7 Å². The fourth-order valence-corrected chi connectivity index (χ4v) is 3.50. The van der Waals surface area contributed by atoms with Crippen LogP contribution in [0.15, 0.2) is 48.5 Å². The van der Waals surface area contributed by atoms with E-state index in [-0.39, 0.29) is 36.3 Å². The quantitative estimate of drug-likeness (QED) is 0.735. The van der Waals surface area contributed by atoms with E-state index in [4.69, 9.17) is 4.74 Å². The highest BCUT2D eigenvalue weighted by molar-refractivity contribution is 5.80. The van der Waals surface area contributed by atoms with Gasteiger partial charge < -0.3 is 15.0 Å². The minimum Gasteiger partial charge on any atom is -0.493 e. The number of nitrogens with one attached hydrogen (secondary N) is 1. The number of nitrogens with zero attached hydrogens (tertiary/aromatic N) is 2. The van der Waals surface area contributed by atoms with Crippen LogP contribution >= 0.6 is 0 Å². The molecule has 0 radical (unpaired) electrons. The van der Waals surface area contributed by atoms with Crippen molar-refractivity contribution in [3.63, 3.8) is 0 Å². The number of para-hydroxylation sites is 1. The number of likely N-dealkylation sites (tertiary alicyclic amines) is 1. The lowest BCUT2D eigenvalue weighted by Gasteiger charge is -2.31. The molecular weight excluding hydrogens is 404 g/mol. The van der Waals surface area contributed by atoms with Crippen molar-refractivity contribution in [2.45, 2.75) is 25.3 Å². The SMILES string of the molecule is N#CC(NC(=O)C1CCN(C(=O)CCOc2ccccc2)CC1)c1ccc(F)cc1F. The van der Waals surface area contributed by atoms with E-state index in [2.05, 4.69) is 5.32 Å². The van der Waals surface area contributed by atoms with Crippen molar-refractivity contribution in [1.82, 2.24) is 10.2 Å². The first-order chi connectivity index (χ1) is 15.0. The molecule has 2 aromatic carbocycles. The molecule has 1 N–H and O–H groups in total. The third-order valence-electron chi connectivity index (χ3n) is 5.24. The monoisotopic (exact) mass is 427 g/mol. The van der Waals surface area contributed by atoms with Crippen LogP contribution in [0.5, 0.6) is 5.75 Å². The lowest BCUT2D eigenvalue weighted by molar-refractivity contribution is -0.136. The van der Waals surface area contributed by atoms with Crippen LogP contribution in [0.25, 0.3) is 0 Å². The average molecular weight is 427 g/mol. The summed E-state index contributed by atoms with van der Waals surface area (Å²) in [6.07, 6.45) is 1.13. The summed E-state index contributed by atoms with van der Waals surface area (Å²) in [5.74, 6) is -1.74. The Morgan fingerprint density at radius 1 is 1.16 bits per heavy atom. The number of hydrogen-bond acceptors (Lipinski definition) is 4. The number of rotatable bonds is 7. The molecule has 6 nitrogen and oxygen atoms in total. The fraction of sp³-hybridized carbons (Fsp3) is 0.348. The summed E-state index contributed by atoms with van der Waals surface area (Å²) in [4.78, 5) is 26.6. The second-order valence-corrected chi connectivity index (χ2v) is 7.30. The van der Waals surface area contributed by atoms with Gasteiger partial charge in [0.2, 0.25) is 11.8 Å². The van der Waals surface area contributed by atoms with Crippen molar-refractivity contribution in [2.24, 2.45) is 5.92 Å². The van der Waals surface area contributed by atoms with Crippen LogP contribution in [0.4, 0.5) is 8.78 Å². The Hall–Kier alpha value is -3.47. The minimum absolute atomic E-state index is 0.0435. The summed E-state index contributed by atoms with van der Waals surface area (Å²) < 4.78 is 32.6. The van der Waals surface area contributed by atoms with Gasteiger partial charge in [-0.1, -0.05) is 24.3 Å². The topological polar surface area (TPSA) is 82.4 Å². The second-order valence-electron chi connectivity index (χ2n) is 7.30. The Balaban J connectivity index is 1.45. The Morgan fingerprint density at radius 2 is 1.87 bits per heavy atom. The number of carbonyl (C=O) groups excluding carboxylic acids is 2. The zero-order valence-corrected chi connectivity index (χ0v) is 16.9. The molecule has 3 rings (SSSR count). The maximum absolute atomic E-state index is 13.9. The molecule has 0 spiro atoms. The van der Waals surface area contributed by atoms with Crippen molar-refractivity contribution in [3.05, 3.63) is 65.7 Å². The first-order valence-electron chi connectivity index (χ1n) is 10.1. The summed E-state index contributed by atoms with van der Waals surface area (Å²) >= 11 is 0. The zero-order chi connectivity index (χ0) is 22.2. The molecule has 0 aromatic heterocycles. The summed E-state index contributed by atoms with van der Waals surface area (Å²) in [5.41, 5.74) is -0.0803. The molecule has 1 aliphatic heterocycles. The second kappa shape index (κ2) is 10.5. The number of hydrogen-bond donors (Lipinski definition) is 1. The van der Waals surface area contributed by atoms with Crippen molar-refractivity contribution in [3.8, 4) is 11.8 Å². The third kappa shape index (κ3) is 6.01. The number of ether oxygens (including phenoxy) is 1. The van der Waals surface area contributed by atoms with Crippen LogP contribution < -0.4 is 10.1 Å². The standard InChI is InChI=1S/C23H23F2N3O3/c24-17-6-7-19(20(25)14-17)21(15-26)27-23(30)16-8-11-28(12-9-16)22(29)10-13-31-18-4-2-1-3-5-18/h1-7,14,16,21H,8-13H2,(H,27,30). The first kappa shape index (κ1) is 22.2. The molecular formula is C23H23F2N3O3. The molecule has 1 fully saturated rings. The molecule has 1 aliphatic rings. The molecule has 1 unspecified atom stereocenters. The highest BCUT2D eigenvalue weighted by atomic mass is 19.1. The normalized spacial score (nSPS) is 15.1. The molecule has 31 heavy (non-hydrogen) atoms. The first-order valence-corrected chi connectivity index (χ1v) is 10.1. The summed E-state index contributed by atoms with van der Waals surface area (Å²) in [7, 11) is 0. The molecule has 2 aromatic rings. The van der Waals surface area contributed by atoms with Gasteiger partial charge in [-0.25, -0.2) is 8.78 Å². The van der Waals surface area contributed by atoms with Crippen LogP contribution in [-0.2, 0) is 9.59 Å². The van der Waals surface area contributed by atoms with E-state index in [1.807, 2.05) is 36.4 Å². The van der Waals surface area contributed by atoms with E-state index in [0.717, 1.165) is 12.1 Å². The van der Waals surface area contributed by atoms with Crippen LogP contribution in [0.1, 0.15) is 30.9 Å². The van der Waals surface area contributed by atoms with Gasteiger partial charge in [0.25, 0.3) is 0 Å². The maximum Gasteiger partial charge on any atom is 0.225 e. The van der Waals surface area contributed by atoms with Crippen LogP contribution in [-0.4, -0.2) is 36.4 Å². The van der Waals surface area contributed by atoms with Crippen molar-refractivity contribution in [1.29, 1.82) is 5.26 Å². The van der Waals surface area contributed by atoms with Gasteiger partial charge in [-0.05, 0) is 31.0 Å². The Labute approximate surface area is 179 Å². The number of benzene rings is 2. The highest BCUT2D eigenvalue weighted by Gasteiger charge is 2.29. The molecule has 162 valence electrons. The van der Waals surface area contributed by atoms with E-state index in [1.165, 1.54) is 0 Å². The largest absolute Gasteiger partial charge is 0.493 e. The van der Waals surface area contributed by atoms with Gasteiger partial charge in [-0.2, -0.15) is 5.26 Å². The molecule has 0 aliphatic carbocycles. The van der Waals surface area contributed by atoms with E-state index in [1.54, 1.807) is 4.90 Å². The number of halogens is 2. The zero-order valence-electron chi connectivity index (χ0n) is 16.9. The fourth-order valence-electron chi connectivity index (χ4n) is 3.50. The lowest BCUT2D eigenvalue weighted by Crippen LogP contribution is -2.44. The van der Waals surface area contributed by atoms with Crippen LogP contribution in [0.2, 0.25) is 0 Å². The summed E-state index contributed by atoms with van der Waals surface area (Å²) in [5, 5.41) is 11.8.